The maximum atomic E-state index is 6.57. The van der Waals surface area contributed by atoms with Crippen LogP contribution in [-0.4, -0.2) is 0 Å². The van der Waals surface area contributed by atoms with Crippen LogP contribution >= 0.6 is 8.58 Å². The van der Waals surface area contributed by atoms with Gasteiger partial charge in [0.2, 0.25) is 0 Å². The van der Waals surface area contributed by atoms with Crippen LogP contribution in [0.5, 0.6) is 5.75 Å². The van der Waals surface area contributed by atoms with Crippen molar-refractivity contribution in [1.82, 2.24) is 5.32 Å². The molecule has 1 unspecified atom stereocenters. The second-order valence-electron chi connectivity index (χ2n) is 9.84. The summed E-state index contributed by atoms with van der Waals surface area (Å²) < 4.78 is 6.57. The van der Waals surface area contributed by atoms with Crippen LogP contribution in [0.15, 0.2) is 97.1 Å². The zero-order valence-electron chi connectivity index (χ0n) is 22.7. The summed E-state index contributed by atoms with van der Waals surface area (Å²) in [7, 11) is 0.662. The molecule has 0 aliphatic heterocycles. The highest BCUT2D eigenvalue weighted by molar-refractivity contribution is 7.48. The first-order chi connectivity index (χ1) is 18.1. The molecule has 37 heavy (non-hydrogen) atoms. The van der Waals surface area contributed by atoms with E-state index in [0.29, 0.717) is 15.2 Å². The third-order valence-corrected chi connectivity index (χ3v) is 9.79. The van der Waals surface area contributed by atoms with E-state index in [1.807, 2.05) is 0 Å². The van der Waals surface area contributed by atoms with Crippen molar-refractivity contribution in [3.8, 4) is 5.75 Å². The first kappa shape index (κ1) is 27.1. The largest absolute Gasteiger partial charge is 0.488 e. The van der Waals surface area contributed by atoms with Crippen molar-refractivity contribution < 1.29 is 4.74 Å². The van der Waals surface area contributed by atoms with Gasteiger partial charge in [0.15, 0.2) is 0 Å². The molecule has 0 radical (unpaired) electrons. The van der Waals surface area contributed by atoms with Crippen LogP contribution in [-0.2, 0) is 24.9 Å². The molecule has 4 aromatic carbocycles. The summed E-state index contributed by atoms with van der Waals surface area (Å²) in [5, 5.41) is 5.20. The Kier molecular flexibility index (Phi) is 9.56. The molecule has 3 heteroatoms. The summed E-state index contributed by atoms with van der Waals surface area (Å²) in [5.74, 6) is 1.06. The van der Waals surface area contributed by atoms with E-state index < -0.39 is 0 Å². The molecule has 0 aliphatic carbocycles. The summed E-state index contributed by atoms with van der Waals surface area (Å²) in [6.07, 6.45) is 2.14. The molecule has 0 spiro atoms. The molecule has 0 bridgehead atoms. The molecule has 0 aromatic heterocycles. The van der Waals surface area contributed by atoms with Crippen LogP contribution < -0.4 is 15.4 Å². The number of aryl methyl sites for hydroxylation is 2. The van der Waals surface area contributed by atoms with E-state index in [9.17, 15) is 0 Å². The lowest BCUT2D eigenvalue weighted by Crippen LogP contribution is -2.26. The smallest absolute Gasteiger partial charge is 0.126 e. The monoisotopic (exact) mass is 509 g/mol. The predicted molar refractivity (Wildman–Crippen MR) is 160 cm³/mol. The predicted octanol–water partition coefficient (Wildman–Crippen LogP) is 8.19. The Labute approximate surface area is 225 Å². The van der Waals surface area contributed by atoms with Crippen molar-refractivity contribution in [2.24, 2.45) is 0 Å². The Hall–Kier alpha value is -2.93. The Bertz CT molecular complexity index is 1270. The molecule has 0 aliphatic rings. The van der Waals surface area contributed by atoms with Gasteiger partial charge in [-0.25, -0.2) is 0 Å². The molecule has 192 valence electrons. The first-order valence-electron chi connectivity index (χ1n) is 13.4. The van der Waals surface area contributed by atoms with Crippen LogP contribution in [0.3, 0.4) is 0 Å². The second kappa shape index (κ2) is 13.0. The fourth-order valence-corrected chi connectivity index (χ4v) is 6.83. The first-order valence-corrected chi connectivity index (χ1v) is 14.4. The van der Waals surface area contributed by atoms with E-state index in [1.54, 1.807) is 0 Å². The van der Waals surface area contributed by atoms with Crippen LogP contribution in [0.4, 0.5) is 0 Å². The molecule has 4 rings (SSSR count). The van der Waals surface area contributed by atoms with Crippen molar-refractivity contribution >= 4 is 13.9 Å². The zero-order valence-corrected chi connectivity index (χ0v) is 23.7. The van der Waals surface area contributed by atoms with E-state index in [1.165, 1.54) is 38.7 Å². The summed E-state index contributed by atoms with van der Waals surface area (Å²) in [4.78, 5) is 0. The van der Waals surface area contributed by atoms with Gasteiger partial charge in [-0.2, -0.15) is 0 Å². The van der Waals surface area contributed by atoms with E-state index in [-0.39, 0.29) is 5.16 Å². The van der Waals surface area contributed by atoms with Crippen molar-refractivity contribution in [3.63, 3.8) is 0 Å². The minimum absolute atomic E-state index is 0.0261. The lowest BCUT2D eigenvalue weighted by atomic mass is 9.90. The Morgan fingerprint density at radius 1 is 0.676 bits per heavy atom. The maximum absolute atomic E-state index is 6.57. The van der Waals surface area contributed by atoms with Gasteiger partial charge in [0.05, 0.1) is 0 Å². The molecule has 2 nitrogen and oxygen atoms in total. The maximum Gasteiger partial charge on any atom is 0.126 e. The van der Waals surface area contributed by atoms with Crippen molar-refractivity contribution in [3.05, 3.63) is 130 Å². The highest BCUT2D eigenvalue weighted by Gasteiger charge is 2.33. The van der Waals surface area contributed by atoms with Gasteiger partial charge in [0.25, 0.3) is 0 Å². The third kappa shape index (κ3) is 6.69. The minimum Gasteiger partial charge on any atom is -0.488 e. The number of para-hydroxylation sites is 1. The Morgan fingerprint density at radius 2 is 1.30 bits per heavy atom. The van der Waals surface area contributed by atoms with Gasteiger partial charge in [0, 0.05) is 23.8 Å². The van der Waals surface area contributed by atoms with Gasteiger partial charge in [0.1, 0.15) is 12.4 Å². The number of benzene rings is 4. The summed E-state index contributed by atoms with van der Waals surface area (Å²) in [6, 6.07) is 34.6. The van der Waals surface area contributed by atoms with E-state index >= 15 is 0 Å². The number of nitrogens with one attached hydrogen (secondary N) is 1. The lowest BCUT2D eigenvalue weighted by molar-refractivity contribution is 0.296. The molecular weight excluding hydrogens is 469 g/mol. The van der Waals surface area contributed by atoms with Crippen LogP contribution in [0.1, 0.15) is 60.1 Å². The fraction of sp³-hybridized carbons (Fsp3) is 0.294. The molecule has 0 saturated heterocycles. The average molecular weight is 510 g/mol. The number of rotatable bonds is 12. The average Bonchev–Trinajstić information content (AvgIpc) is 2.93. The SMILES string of the molecule is CCC(CC)(Pc1c(C)cccc1CNCc1ccccc1)c1cccc(C)c1OCc1ccccc1. The van der Waals surface area contributed by atoms with Gasteiger partial charge in [-0.3, -0.25) is 0 Å². The summed E-state index contributed by atoms with van der Waals surface area (Å²) >= 11 is 0. The summed E-state index contributed by atoms with van der Waals surface area (Å²) in [6.45, 7) is 11.5. The third-order valence-electron chi connectivity index (χ3n) is 7.37. The topological polar surface area (TPSA) is 21.3 Å². The van der Waals surface area contributed by atoms with Gasteiger partial charge in [-0.15, -0.1) is 0 Å². The summed E-state index contributed by atoms with van der Waals surface area (Å²) in [5.41, 5.74) is 7.85. The van der Waals surface area contributed by atoms with Gasteiger partial charge >= 0.3 is 0 Å². The lowest BCUT2D eigenvalue weighted by Gasteiger charge is -2.36. The fourth-order valence-electron chi connectivity index (χ4n) is 5.06. The zero-order chi connectivity index (χ0) is 26.1. The standard InChI is InChI=1S/C34H40NOP/c1-5-34(6-2,31-22-14-15-26(3)32(31)36-25-29-19-11-8-12-20-29)37-33-27(4)16-13-21-30(33)24-35-23-28-17-9-7-10-18-28/h7-22,35,37H,5-6,23-25H2,1-4H3. The van der Waals surface area contributed by atoms with Gasteiger partial charge in [-0.05, 0) is 59.8 Å². The Morgan fingerprint density at radius 3 is 1.97 bits per heavy atom. The normalized spacial score (nSPS) is 11.8. The van der Waals surface area contributed by atoms with Crippen LogP contribution in [0, 0.1) is 13.8 Å². The van der Waals surface area contributed by atoms with Crippen molar-refractivity contribution in [1.29, 1.82) is 0 Å². The number of hydrogen-bond acceptors (Lipinski definition) is 2. The molecular formula is C34H40NOP. The molecule has 4 aromatic rings. The van der Waals surface area contributed by atoms with Crippen molar-refractivity contribution in [2.75, 3.05) is 0 Å². The second-order valence-corrected chi connectivity index (χ2v) is 11.5. The molecule has 0 amide bonds. The van der Waals surface area contributed by atoms with Gasteiger partial charge < -0.3 is 10.1 Å². The highest BCUT2D eigenvalue weighted by Crippen LogP contribution is 2.51. The van der Waals surface area contributed by atoms with Gasteiger partial charge in [-0.1, -0.05) is 119 Å². The van der Waals surface area contributed by atoms with E-state index in [0.717, 1.165) is 31.7 Å². The molecule has 0 saturated carbocycles. The molecule has 1 atom stereocenters. The van der Waals surface area contributed by atoms with Crippen LogP contribution in [0.2, 0.25) is 0 Å². The van der Waals surface area contributed by atoms with Crippen LogP contribution in [0.25, 0.3) is 0 Å². The van der Waals surface area contributed by atoms with E-state index in [4.69, 9.17) is 4.74 Å². The molecule has 0 heterocycles. The minimum atomic E-state index is 0.0261. The molecule has 1 N–H and O–H groups in total. The highest BCUT2D eigenvalue weighted by atomic mass is 31.1. The number of hydrogen-bond donors (Lipinski definition) is 1. The van der Waals surface area contributed by atoms with Crippen molar-refractivity contribution in [2.45, 2.75) is 65.4 Å². The van der Waals surface area contributed by atoms with E-state index in [2.05, 4.69) is 130 Å². The quantitative estimate of drug-likeness (QED) is 0.194. The number of ether oxygens (including phenoxy) is 1. The Balaban J connectivity index is 1.62. The molecule has 0 fully saturated rings.